The van der Waals surface area contributed by atoms with Crippen LogP contribution in [-0.4, -0.2) is 22.6 Å². The predicted molar refractivity (Wildman–Crippen MR) is 133 cm³/mol. The second kappa shape index (κ2) is 9.78. The van der Waals surface area contributed by atoms with Gasteiger partial charge in [-0.2, -0.15) is 0 Å². The van der Waals surface area contributed by atoms with Crippen molar-refractivity contribution in [3.8, 4) is 28.5 Å². The van der Waals surface area contributed by atoms with E-state index in [-0.39, 0.29) is 17.5 Å². The zero-order valence-corrected chi connectivity index (χ0v) is 19.9. The van der Waals surface area contributed by atoms with Gasteiger partial charge in [0.2, 0.25) is 0 Å². The van der Waals surface area contributed by atoms with Crippen molar-refractivity contribution in [2.45, 2.75) is 45.1 Å². The van der Waals surface area contributed by atoms with E-state index in [1.54, 1.807) is 37.4 Å². The van der Waals surface area contributed by atoms with Gasteiger partial charge in [-0.15, -0.1) is 0 Å². The molecule has 2 aromatic carbocycles. The van der Waals surface area contributed by atoms with E-state index in [4.69, 9.17) is 9.15 Å². The number of benzene rings is 2. The first-order valence-electron chi connectivity index (χ1n) is 11.9. The van der Waals surface area contributed by atoms with Gasteiger partial charge in [0.05, 0.1) is 19.1 Å². The Morgan fingerprint density at radius 2 is 1.86 bits per heavy atom. The second-order valence-corrected chi connectivity index (χ2v) is 8.95. The smallest absolute Gasteiger partial charge is 0.291 e. The van der Waals surface area contributed by atoms with E-state index in [1.807, 2.05) is 25.4 Å². The Kier molecular flexibility index (Phi) is 6.40. The number of amides is 1. The second-order valence-electron chi connectivity index (χ2n) is 8.95. The van der Waals surface area contributed by atoms with E-state index >= 15 is 0 Å². The highest BCUT2D eigenvalue weighted by Crippen LogP contribution is 2.38. The molecule has 0 bridgehead atoms. The molecule has 0 radical (unpaired) electrons. The number of furan rings is 1. The summed E-state index contributed by atoms with van der Waals surface area (Å²) < 4.78 is 27.1. The van der Waals surface area contributed by atoms with E-state index in [0.29, 0.717) is 23.2 Å². The first-order valence-corrected chi connectivity index (χ1v) is 11.9. The van der Waals surface area contributed by atoms with Crippen LogP contribution >= 0.6 is 0 Å². The topological polar surface area (TPSA) is 69.3 Å². The van der Waals surface area contributed by atoms with Crippen LogP contribution in [0.25, 0.3) is 22.7 Å². The third-order valence-electron chi connectivity index (χ3n) is 6.60. The van der Waals surface area contributed by atoms with Crippen LogP contribution < -0.4 is 10.1 Å². The van der Waals surface area contributed by atoms with E-state index < -0.39 is 0 Å². The lowest BCUT2D eigenvalue weighted by atomic mass is 9.95. The maximum absolute atomic E-state index is 13.6. The van der Waals surface area contributed by atoms with Crippen LogP contribution in [0.4, 0.5) is 10.1 Å². The van der Waals surface area contributed by atoms with Crippen molar-refractivity contribution in [1.82, 2.24) is 9.55 Å². The molecule has 0 spiro atoms. The summed E-state index contributed by atoms with van der Waals surface area (Å²) in [6, 6.07) is 15.5. The number of imidazole rings is 1. The van der Waals surface area contributed by atoms with Gasteiger partial charge in [0.15, 0.2) is 11.5 Å². The summed E-state index contributed by atoms with van der Waals surface area (Å²) >= 11 is 0. The maximum atomic E-state index is 13.6. The molecule has 2 heterocycles. The van der Waals surface area contributed by atoms with Crippen LogP contribution in [0.2, 0.25) is 0 Å². The zero-order valence-electron chi connectivity index (χ0n) is 19.9. The van der Waals surface area contributed by atoms with Crippen LogP contribution in [0.3, 0.4) is 0 Å². The maximum Gasteiger partial charge on any atom is 0.291 e. The van der Waals surface area contributed by atoms with Gasteiger partial charge in [0, 0.05) is 17.3 Å². The first kappa shape index (κ1) is 22.9. The molecule has 0 atom stereocenters. The Labute approximate surface area is 203 Å². The van der Waals surface area contributed by atoms with Gasteiger partial charge >= 0.3 is 0 Å². The van der Waals surface area contributed by atoms with Crippen molar-refractivity contribution in [3.63, 3.8) is 0 Å². The number of aromatic nitrogens is 2. The molecule has 1 saturated carbocycles. The molecule has 7 heteroatoms. The SMILES string of the molecule is COc1ccc(NC(=O)c2ccc(-c3c(-c4ccc(F)cc4)ncn3C3CCCCC3)o2)cc1C. The van der Waals surface area contributed by atoms with Crippen molar-refractivity contribution in [2.75, 3.05) is 12.4 Å². The molecule has 35 heavy (non-hydrogen) atoms. The Bertz CT molecular complexity index is 1330. The summed E-state index contributed by atoms with van der Waals surface area (Å²) in [4.78, 5) is 17.6. The van der Waals surface area contributed by atoms with Gasteiger partial charge in [-0.25, -0.2) is 9.37 Å². The summed E-state index contributed by atoms with van der Waals surface area (Å²) in [6.45, 7) is 1.92. The fourth-order valence-corrected chi connectivity index (χ4v) is 4.80. The Balaban J connectivity index is 1.48. The van der Waals surface area contributed by atoms with Crippen LogP contribution in [0, 0.1) is 12.7 Å². The summed E-state index contributed by atoms with van der Waals surface area (Å²) in [5.41, 5.74) is 3.90. The predicted octanol–water partition coefficient (Wildman–Crippen LogP) is 7.02. The molecule has 6 nitrogen and oxygen atoms in total. The number of hydrogen-bond acceptors (Lipinski definition) is 4. The number of halogens is 1. The summed E-state index contributed by atoms with van der Waals surface area (Å²) in [7, 11) is 1.61. The van der Waals surface area contributed by atoms with Gasteiger partial charge < -0.3 is 19.0 Å². The van der Waals surface area contributed by atoms with Crippen LogP contribution in [0.15, 0.2) is 65.3 Å². The highest BCUT2D eigenvalue weighted by atomic mass is 19.1. The van der Waals surface area contributed by atoms with Gasteiger partial charge in [0.25, 0.3) is 5.91 Å². The lowest BCUT2D eigenvalue weighted by molar-refractivity contribution is 0.0997. The molecule has 1 aliphatic carbocycles. The third-order valence-corrected chi connectivity index (χ3v) is 6.60. The number of carbonyl (C=O) groups excluding carboxylic acids is 1. The molecule has 2 aromatic heterocycles. The van der Waals surface area contributed by atoms with Crippen LogP contribution in [0.5, 0.6) is 5.75 Å². The van der Waals surface area contributed by atoms with E-state index in [1.165, 1.54) is 31.4 Å². The molecule has 1 aliphatic rings. The van der Waals surface area contributed by atoms with Crippen molar-refractivity contribution in [3.05, 3.63) is 78.1 Å². The summed E-state index contributed by atoms with van der Waals surface area (Å²) in [5, 5.41) is 2.89. The summed E-state index contributed by atoms with van der Waals surface area (Å²) in [5.74, 6) is 0.881. The van der Waals surface area contributed by atoms with Gasteiger partial charge in [-0.1, -0.05) is 19.3 Å². The van der Waals surface area contributed by atoms with E-state index in [9.17, 15) is 9.18 Å². The average molecular weight is 474 g/mol. The standard InChI is InChI=1S/C28H28FN3O3/c1-18-16-21(12-13-23(18)34-2)31-28(33)25-15-14-24(35-25)27-26(19-8-10-20(29)11-9-19)30-17-32(27)22-6-4-3-5-7-22/h8-17,22H,3-7H2,1-2H3,(H,31,33). The number of hydrogen-bond donors (Lipinski definition) is 1. The fraction of sp³-hybridized carbons (Fsp3) is 0.286. The molecular weight excluding hydrogens is 445 g/mol. The monoisotopic (exact) mass is 473 g/mol. The van der Waals surface area contributed by atoms with Crippen LogP contribution in [0.1, 0.15) is 54.3 Å². The molecule has 180 valence electrons. The largest absolute Gasteiger partial charge is 0.496 e. The van der Waals surface area contributed by atoms with E-state index in [0.717, 1.165) is 35.4 Å². The number of nitrogens with zero attached hydrogens (tertiary/aromatic N) is 2. The Morgan fingerprint density at radius 3 is 2.57 bits per heavy atom. The minimum atomic E-state index is -0.340. The number of methoxy groups -OCH3 is 1. The van der Waals surface area contributed by atoms with Crippen molar-refractivity contribution in [1.29, 1.82) is 0 Å². The number of rotatable bonds is 6. The Morgan fingerprint density at radius 1 is 1.09 bits per heavy atom. The molecule has 1 fully saturated rings. The number of nitrogens with one attached hydrogen (secondary N) is 1. The van der Waals surface area contributed by atoms with Crippen molar-refractivity contribution >= 4 is 11.6 Å². The number of anilines is 1. The molecule has 0 aliphatic heterocycles. The van der Waals surface area contributed by atoms with Gasteiger partial charge in [0.1, 0.15) is 17.3 Å². The Hall–Kier alpha value is -3.87. The number of carbonyl (C=O) groups is 1. The lowest BCUT2D eigenvalue weighted by Crippen LogP contribution is -2.13. The molecule has 4 aromatic rings. The zero-order chi connectivity index (χ0) is 24.4. The highest BCUT2D eigenvalue weighted by molar-refractivity contribution is 6.02. The van der Waals surface area contributed by atoms with Gasteiger partial charge in [-0.05, 0) is 79.9 Å². The first-order chi connectivity index (χ1) is 17.0. The normalized spacial score (nSPS) is 14.1. The van der Waals surface area contributed by atoms with E-state index in [2.05, 4.69) is 14.9 Å². The minimum Gasteiger partial charge on any atom is -0.496 e. The molecular formula is C28H28FN3O3. The third kappa shape index (κ3) is 4.71. The average Bonchev–Trinajstić information content (AvgIpc) is 3.53. The quantitative estimate of drug-likeness (QED) is 0.327. The lowest BCUT2D eigenvalue weighted by Gasteiger charge is -2.24. The van der Waals surface area contributed by atoms with Gasteiger partial charge in [-0.3, -0.25) is 4.79 Å². The van der Waals surface area contributed by atoms with Crippen molar-refractivity contribution in [2.24, 2.45) is 0 Å². The van der Waals surface area contributed by atoms with Crippen LogP contribution in [-0.2, 0) is 0 Å². The number of aryl methyl sites for hydroxylation is 1. The number of ether oxygens (including phenoxy) is 1. The molecule has 0 unspecified atom stereocenters. The fourth-order valence-electron chi connectivity index (χ4n) is 4.80. The molecule has 1 N–H and O–H groups in total. The summed E-state index contributed by atoms with van der Waals surface area (Å²) in [6.07, 6.45) is 7.55. The van der Waals surface area contributed by atoms with Crippen molar-refractivity contribution < 1.29 is 18.3 Å². The molecule has 0 saturated heterocycles. The highest BCUT2D eigenvalue weighted by Gasteiger charge is 2.25. The molecule has 5 rings (SSSR count). The minimum absolute atomic E-state index is 0.204. The molecule has 1 amide bonds.